The Morgan fingerprint density at radius 2 is 1.48 bits per heavy atom. The molecule has 0 saturated heterocycles. The number of nitrogens with one attached hydrogen (secondary N) is 1. The molecule has 0 unspecified atom stereocenters. The molecule has 2 aromatic rings. The van der Waals surface area contributed by atoms with Gasteiger partial charge in [-0.2, -0.15) is 5.10 Å². The maximum atomic E-state index is 13.4. The van der Waals surface area contributed by atoms with Crippen LogP contribution in [0.5, 0.6) is 0 Å². The van der Waals surface area contributed by atoms with Crippen molar-refractivity contribution < 1.29 is 26.7 Å². The predicted octanol–water partition coefficient (Wildman–Crippen LogP) is 3.45. The molecule has 2 aromatic carbocycles. The standard InChI is InChI=1S/C15H9F5N2O/c1-7-4-2-3-5-8(7)15(23)22-21-6-9-10(16)12(18)14(20)13(19)11(9)17/h2-6H,1H3,(H,22,23)/b21-6+. The van der Waals surface area contributed by atoms with Crippen LogP contribution in [-0.4, -0.2) is 12.1 Å². The Morgan fingerprint density at radius 1 is 0.957 bits per heavy atom. The largest absolute Gasteiger partial charge is 0.271 e. The summed E-state index contributed by atoms with van der Waals surface area (Å²) >= 11 is 0. The summed E-state index contributed by atoms with van der Waals surface area (Å²) in [6.07, 6.45) is 0.354. The third-order valence-electron chi connectivity index (χ3n) is 2.99. The second-order valence-corrected chi connectivity index (χ2v) is 4.50. The fourth-order valence-electron chi connectivity index (χ4n) is 1.78. The van der Waals surface area contributed by atoms with E-state index in [1.165, 1.54) is 6.07 Å². The van der Waals surface area contributed by atoms with Crippen molar-refractivity contribution >= 4 is 12.1 Å². The minimum atomic E-state index is -2.26. The Labute approximate surface area is 127 Å². The molecule has 0 aliphatic carbocycles. The smallest absolute Gasteiger partial charge is 0.267 e. The van der Waals surface area contributed by atoms with Crippen molar-refractivity contribution in [2.45, 2.75) is 6.92 Å². The third-order valence-corrected chi connectivity index (χ3v) is 2.99. The van der Waals surface area contributed by atoms with Gasteiger partial charge >= 0.3 is 0 Å². The van der Waals surface area contributed by atoms with Gasteiger partial charge in [-0.05, 0) is 18.6 Å². The lowest BCUT2D eigenvalue weighted by Crippen LogP contribution is -2.19. The summed E-state index contributed by atoms with van der Waals surface area (Å²) in [6.45, 7) is 1.66. The van der Waals surface area contributed by atoms with E-state index < -0.39 is 40.6 Å². The highest BCUT2D eigenvalue weighted by Crippen LogP contribution is 2.21. The molecular weight excluding hydrogens is 319 g/mol. The molecule has 0 bridgehead atoms. The number of benzene rings is 2. The van der Waals surface area contributed by atoms with Crippen LogP contribution < -0.4 is 5.43 Å². The van der Waals surface area contributed by atoms with Gasteiger partial charge in [0.2, 0.25) is 5.82 Å². The molecule has 23 heavy (non-hydrogen) atoms. The van der Waals surface area contributed by atoms with Gasteiger partial charge in [0.1, 0.15) is 0 Å². The lowest BCUT2D eigenvalue weighted by Gasteiger charge is -2.05. The van der Waals surface area contributed by atoms with Crippen LogP contribution in [0.25, 0.3) is 0 Å². The van der Waals surface area contributed by atoms with E-state index in [1.807, 2.05) is 5.43 Å². The lowest BCUT2D eigenvalue weighted by atomic mass is 10.1. The van der Waals surface area contributed by atoms with Gasteiger partial charge in [0.05, 0.1) is 11.8 Å². The molecule has 0 fully saturated rings. The van der Waals surface area contributed by atoms with Gasteiger partial charge in [0, 0.05) is 5.56 Å². The number of rotatable bonds is 3. The molecule has 0 spiro atoms. The molecule has 0 aliphatic rings. The predicted molar refractivity (Wildman–Crippen MR) is 72.5 cm³/mol. The topological polar surface area (TPSA) is 41.5 Å². The van der Waals surface area contributed by atoms with E-state index >= 15 is 0 Å². The first-order chi connectivity index (χ1) is 10.8. The van der Waals surface area contributed by atoms with Crippen LogP contribution >= 0.6 is 0 Å². The molecule has 0 atom stereocenters. The Bertz CT molecular complexity index is 776. The van der Waals surface area contributed by atoms with Crippen LogP contribution in [-0.2, 0) is 0 Å². The Morgan fingerprint density at radius 3 is 2.04 bits per heavy atom. The summed E-state index contributed by atoms with van der Waals surface area (Å²) in [5.74, 6) is -11.2. The zero-order valence-corrected chi connectivity index (χ0v) is 11.6. The molecule has 3 nitrogen and oxygen atoms in total. The van der Waals surface area contributed by atoms with Gasteiger partial charge in [-0.3, -0.25) is 4.79 Å². The number of aryl methyl sites for hydroxylation is 1. The minimum Gasteiger partial charge on any atom is -0.267 e. The molecule has 0 aromatic heterocycles. The highest BCUT2D eigenvalue weighted by atomic mass is 19.2. The molecular formula is C15H9F5N2O. The second-order valence-electron chi connectivity index (χ2n) is 4.50. The van der Waals surface area contributed by atoms with E-state index in [4.69, 9.17) is 0 Å². The molecule has 8 heteroatoms. The van der Waals surface area contributed by atoms with Gasteiger partial charge in [0.25, 0.3) is 5.91 Å². The van der Waals surface area contributed by atoms with Crippen molar-refractivity contribution in [3.63, 3.8) is 0 Å². The number of carbonyl (C=O) groups is 1. The zero-order chi connectivity index (χ0) is 17.1. The summed E-state index contributed by atoms with van der Waals surface area (Å²) in [5.41, 5.74) is 1.58. The molecule has 0 saturated carbocycles. The van der Waals surface area contributed by atoms with Crippen molar-refractivity contribution in [3.05, 3.63) is 70.0 Å². The molecule has 0 heterocycles. The number of hydrogen-bond donors (Lipinski definition) is 1. The highest BCUT2D eigenvalue weighted by molar-refractivity contribution is 5.96. The van der Waals surface area contributed by atoms with Crippen LogP contribution in [0.3, 0.4) is 0 Å². The van der Waals surface area contributed by atoms with Gasteiger partial charge in [-0.1, -0.05) is 18.2 Å². The number of nitrogens with zero attached hydrogens (tertiary/aromatic N) is 1. The monoisotopic (exact) mass is 328 g/mol. The van der Waals surface area contributed by atoms with Crippen molar-refractivity contribution in [3.8, 4) is 0 Å². The summed E-state index contributed by atoms with van der Waals surface area (Å²) in [4.78, 5) is 11.8. The number of halogens is 5. The normalized spacial score (nSPS) is 11.0. The van der Waals surface area contributed by atoms with Gasteiger partial charge < -0.3 is 0 Å². The number of amides is 1. The van der Waals surface area contributed by atoms with Gasteiger partial charge in [0.15, 0.2) is 23.3 Å². The van der Waals surface area contributed by atoms with Crippen molar-refractivity contribution in [1.82, 2.24) is 5.43 Å². The summed E-state index contributed by atoms with van der Waals surface area (Å²) in [7, 11) is 0. The van der Waals surface area contributed by atoms with Crippen LogP contribution in [0.2, 0.25) is 0 Å². The van der Waals surface area contributed by atoms with Crippen molar-refractivity contribution in [2.24, 2.45) is 5.10 Å². The van der Waals surface area contributed by atoms with E-state index in [1.54, 1.807) is 25.1 Å². The average Bonchev–Trinajstić information content (AvgIpc) is 2.54. The molecule has 120 valence electrons. The highest BCUT2D eigenvalue weighted by Gasteiger charge is 2.24. The quantitative estimate of drug-likeness (QED) is 0.303. The third kappa shape index (κ3) is 3.20. The van der Waals surface area contributed by atoms with E-state index in [0.717, 1.165) is 0 Å². The van der Waals surface area contributed by atoms with Gasteiger partial charge in [-0.15, -0.1) is 0 Å². The van der Waals surface area contributed by atoms with E-state index in [9.17, 15) is 26.7 Å². The van der Waals surface area contributed by atoms with Gasteiger partial charge in [-0.25, -0.2) is 27.4 Å². The summed E-state index contributed by atoms with van der Waals surface area (Å²) < 4.78 is 65.6. The van der Waals surface area contributed by atoms with Crippen molar-refractivity contribution in [1.29, 1.82) is 0 Å². The SMILES string of the molecule is Cc1ccccc1C(=O)N/N=C/c1c(F)c(F)c(F)c(F)c1F. The van der Waals surface area contributed by atoms with E-state index in [2.05, 4.69) is 5.10 Å². The van der Waals surface area contributed by atoms with E-state index in [0.29, 0.717) is 11.8 Å². The van der Waals surface area contributed by atoms with Crippen LogP contribution in [0, 0.1) is 36.0 Å². The first kappa shape index (κ1) is 16.6. The van der Waals surface area contributed by atoms with E-state index in [-0.39, 0.29) is 5.56 Å². The fourth-order valence-corrected chi connectivity index (χ4v) is 1.78. The first-order valence-electron chi connectivity index (χ1n) is 6.25. The maximum absolute atomic E-state index is 13.4. The Kier molecular flexibility index (Phi) is 4.73. The first-order valence-corrected chi connectivity index (χ1v) is 6.25. The second kappa shape index (κ2) is 6.55. The number of hydrazone groups is 1. The molecule has 0 aliphatic heterocycles. The average molecular weight is 328 g/mol. The zero-order valence-electron chi connectivity index (χ0n) is 11.6. The van der Waals surface area contributed by atoms with Crippen LogP contribution in [0.1, 0.15) is 21.5 Å². The Balaban J connectivity index is 2.25. The molecule has 0 radical (unpaired) electrons. The lowest BCUT2D eigenvalue weighted by molar-refractivity contribution is 0.0954. The Hall–Kier alpha value is -2.77. The molecule has 2 rings (SSSR count). The van der Waals surface area contributed by atoms with Crippen LogP contribution in [0.4, 0.5) is 22.0 Å². The maximum Gasteiger partial charge on any atom is 0.271 e. The van der Waals surface area contributed by atoms with Crippen molar-refractivity contribution in [2.75, 3.05) is 0 Å². The fraction of sp³-hybridized carbons (Fsp3) is 0.0667. The number of carbonyl (C=O) groups excluding carboxylic acids is 1. The molecule has 1 N–H and O–H groups in total. The van der Waals surface area contributed by atoms with Crippen LogP contribution in [0.15, 0.2) is 29.4 Å². The summed E-state index contributed by atoms with van der Waals surface area (Å²) in [6, 6.07) is 6.43. The summed E-state index contributed by atoms with van der Waals surface area (Å²) in [5, 5.41) is 3.23. The number of hydrogen-bond acceptors (Lipinski definition) is 2. The minimum absolute atomic E-state index is 0.252. The molecule has 1 amide bonds.